The van der Waals surface area contributed by atoms with Crippen LogP contribution in [-0.4, -0.2) is 37.2 Å². The number of ether oxygens (including phenoxy) is 3. The molecule has 0 bridgehead atoms. The molecule has 0 aromatic heterocycles. The molecule has 0 aromatic rings. The van der Waals surface area contributed by atoms with E-state index in [9.17, 15) is 14.4 Å². The highest BCUT2D eigenvalue weighted by atomic mass is 16.6. The van der Waals surface area contributed by atoms with Crippen molar-refractivity contribution in [2.45, 2.75) is 341 Å². The van der Waals surface area contributed by atoms with Gasteiger partial charge in [0.25, 0.3) is 0 Å². The van der Waals surface area contributed by atoms with Crippen LogP contribution in [0, 0.1) is 0 Å². The Hall–Kier alpha value is -3.15. The molecule has 0 aliphatic rings. The van der Waals surface area contributed by atoms with Crippen LogP contribution in [0.3, 0.4) is 0 Å². The van der Waals surface area contributed by atoms with Crippen LogP contribution in [0.5, 0.6) is 0 Å². The number of carbonyl (C=O) groups excluding carboxylic acids is 3. The molecule has 0 aromatic carbocycles. The Bertz CT molecular complexity index is 1400. The second-order valence-corrected chi connectivity index (χ2v) is 22.0. The Morgan fingerprint density at radius 2 is 0.513 bits per heavy atom. The summed E-state index contributed by atoms with van der Waals surface area (Å²) in [6.07, 6.45) is 83.3. The third-order valence-electron chi connectivity index (χ3n) is 14.4. The van der Waals surface area contributed by atoms with Crippen molar-refractivity contribution in [3.05, 3.63) is 72.9 Å². The average molecular weight is 1060 g/mol. The smallest absolute Gasteiger partial charge is 0.306 e. The van der Waals surface area contributed by atoms with Crippen molar-refractivity contribution in [3.63, 3.8) is 0 Å². The summed E-state index contributed by atoms with van der Waals surface area (Å²) >= 11 is 0. The predicted molar refractivity (Wildman–Crippen MR) is 330 cm³/mol. The minimum absolute atomic E-state index is 0.0751. The van der Waals surface area contributed by atoms with Gasteiger partial charge in [-0.05, 0) is 89.9 Å². The lowest BCUT2D eigenvalue weighted by Crippen LogP contribution is -2.30. The van der Waals surface area contributed by atoms with Crippen molar-refractivity contribution in [2.24, 2.45) is 0 Å². The van der Waals surface area contributed by atoms with E-state index >= 15 is 0 Å². The topological polar surface area (TPSA) is 78.9 Å². The highest BCUT2D eigenvalue weighted by Gasteiger charge is 2.19. The third-order valence-corrected chi connectivity index (χ3v) is 14.4. The van der Waals surface area contributed by atoms with E-state index in [0.717, 1.165) is 96.3 Å². The first-order valence-corrected chi connectivity index (χ1v) is 32.9. The van der Waals surface area contributed by atoms with Gasteiger partial charge in [-0.15, -0.1) is 0 Å². The van der Waals surface area contributed by atoms with Crippen molar-refractivity contribution in [2.75, 3.05) is 13.2 Å². The van der Waals surface area contributed by atoms with Crippen LogP contribution >= 0.6 is 0 Å². The first-order chi connectivity index (χ1) is 37.5. The van der Waals surface area contributed by atoms with Crippen LogP contribution in [-0.2, 0) is 28.6 Å². The zero-order valence-corrected chi connectivity index (χ0v) is 50.5. The second-order valence-electron chi connectivity index (χ2n) is 22.0. The third kappa shape index (κ3) is 61.7. The van der Waals surface area contributed by atoms with Crippen molar-refractivity contribution in [1.82, 2.24) is 0 Å². The molecule has 1 unspecified atom stereocenters. The molecule has 0 N–H and O–H groups in total. The number of hydrogen-bond donors (Lipinski definition) is 0. The first kappa shape index (κ1) is 72.8. The largest absolute Gasteiger partial charge is 0.462 e. The van der Waals surface area contributed by atoms with E-state index in [4.69, 9.17) is 14.2 Å². The summed E-state index contributed by atoms with van der Waals surface area (Å²) < 4.78 is 17.0. The molecule has 6 nitrogen and oxygen atoms in total. The Balaban J connectivity index is 4.31. The van der Waals surface area contributed by atoms with E-state index in [-0.39, 0.29) is 31.1 Å². The second kappa shape index (κ2) is 64.4. The summed E-state index contributed by atoms with van der Waals surface area (Å²) in [4.78, 5) is 38.4. The summed E-state index contributed by atoms with van der Waals surface area (Å²) in [5.74, 6) is -0.866. The summed E-state index contributed by atoms with van der Waals surface area (Å²) in [6.45, 7) is 6.54. The van der Waals surface area contributed by atoms with Crippen molar-refractivity contribution < 1.29 is 28.6 Å². The molecule has 0 aliphatic heterocycles. The molecule has 440 valence electrons. The van der Waals surface area contributed by atoms with E-state index in [0.29, 0.717) is 19.3 Å². The molecule has 0 fully saturated rings. The molecular weight excluding hydrogens is 937 g/mol. The molecule has 0 heterocycles. The average Bonchev–Trinajstić information content (AvgIpc) is 3.42. The maximum Gasteiger partial charge on any atom is 0.306 e. The van der Waals surface area contributed by atoms with Crippen LogP contribution < -0.4 is 0 Å². The Morgan fingerprint density at radius 1 is 0.276 bits per heavy atom. The van der Waals surface area contributed by atoms with E-state index in [1.807, 2.05) is 0 Å². The van der Waals surface area contributed by atoms with Gasteiger partial charge in [0.15, 0.2) is 6.10 Å². The maximum atomic E-state index is 12.9. The molecule has 1 atom stereocenters. The molecule has 0 amide bonds. The van der Waals surface area contributed by atoms with Gasteiger partial charge in [0.05, 0.1) is 0 Å². The number of carbonyl (C=O) groups is 3. The van der Waals surface area contributed by atoms with Crippen molar-refractivity contribution >= 4 is 17.9 Å². The van der Waals surface area contributed by atoms with E-state index in [1.165, 1.54) is 199 Å². The highest BCUT2D eigenvalue weighted by molar-refractivity contribution is 5.71. The van der Waals surface area contributed by atoms with E-state index in [1.54, 1.807) is 0 Å². The van der Waals surface area contributed by atoms with Crippen LogP contribution in [0.25, 0.3) is 0 Å². The molecule has 76 heavy (non-hydrogen) atoms. The Kier molecular flexibility index (Phi) is 61.7. The zero-order chi connectivity index (χ0) is 55.0. The fourth-order valence-electron chi connectivity index (χ4n) is 9.53. The van der Waals surface area contributed by atoms with E-state index in [2.05, 4.69) is 93.7 Å². The molecule has 0 spiro atoms. The zero-order valence-electron chi connectivity index (χ0n) is 50.5. The van der Waals surface area contributed by atoms with Gasteiger partial charge in [-0.1, -0.05) is 299 Å². The van der Waals surface area contributed by atoms with Gasteiger partial charge in [-0.25, -0.2) is 0 Å². The SMILES string of the molecule is CC/C=C\C/C=C\C/C=C\C/C=C\CCCCCCCCCCCCCCC(=O)OCC(COC(=O)CCCCCCCCCCCCCCCCCC)OC(=O)CCCCCCCCC/C=C\C/C=C\CCCCC. The molecule has 0 aliphatic carbocycles. The van der Waals surface area contributed by atoms with Crippen molar-refractivity contribution in [1.29, 1.82) is 0 Å². The van der Waals surface area contributed by atoms with Crippen molar-refractivity contribution in [3.8, 4) is 0 Å². The molecule has 0 saturated heterocycles. The lowest BCUT2D eigenvalue weighted by Gasteiger charge is -2.18. The molecule has 6 heteroatoms. The number of hydrogen-bond acceptors (Lipinski definition) is 6. The van der Waals surface area contributed by atoms with Gasteiger partial charge in [0, 0.05) is 19.3 Å². The van der Waals surface area contributed by atoms with Gasteiger partial charge in [0.1, 0.15) is 13.2 Å². The number of rotatable bonds is 60. The highest BCUT2D eigenvalue weighted by Crippen LogP contribution is 2.17. The lowest BCUT2D eigenvalue weighted by molar-refractivity contribution is -0.167. The minimum Gasteiger partial charge on any atom is -0.462 e. The standard InChI is InChI=1S/C70H124O6/c1-4-7-10-13-16-19-22-25-28-31-32-33-34-35-36-37-38-40-42-45-48-51-54-57-60-63-69(72)75-66-67(65-74-68(71)62-59-56-53-50-47-44-41-30-27-24-21-18-15-12-9-6-3)76-70(73)64-61-58-55-52-49-46-43-39-29-26-23-20-17-14-11-8-5-2/h7,10,16-17,19-20,25-26,28-29,32-33,67H,4-6,8-9,11-15,18,21-24,27,30-31,34-66H2,1-3H3/b10-7-,19-16-,20-17-,28-25-,29-26-,33-32-. The molecule has 0 saturated carbocycles. The quantitative estimate of drug-likeness (QED) is 0.0261. The fraction of sp³-hybridized carbons (Fsp3) is 0.786. The molecule has 0 rings (SSSR count). The Morgan fingerprint density at radius 3 is 0.829 bits per heavy atom. The molecule has 0 radical (unpaired) electrons. The predicted octanol–water partition coefficient (Wildman–Crippen LogP) is 22.5. The Labute approximate surface area is 472 Å². The van der Waals surface area contributed by atoms with Crippen LogP contribution in [0.2, 0.25) is 0 Å². The normalized spacial score (nSPS) is 12.5. The van der Waals surface area contributed by atoms with E-state index < -0.39 is 6.10 Å². The van der Waals surface area contributed by atoms with Crippen LogP contribution in [0.15, 0.2) is 72.9 Å². The summed E-state index contributed by atoms with van der Waals surface area (Å²) in [5, 5.41) is 0. The molecular formula is C70H124O6. The van der Waals surface area contributed by atoms with Gasteiger partial charge < -0.3 is 14.2 Å². The first-order valence-electron chi connectivity index (χ1n) is 32.9. The van der Waals surface area contributed by atoms with Gasteiger partial charge in [0.2, 0.25) is 0 Å². The monoisotopic (exact) mass is 1060 g/mol. The van der Waals surface area contributed by atoms with Gasteiger partial charge in [-0.2, -0.15) is 0 Å². The van der Waals surface area contributed by atoms with Crippen LogP contribution in [0.4, 0.5) is 0 Å². The lowest BCUT2D eigenvalue weighted by atomic mass is 10.0. The van der Waals surface area contributed by atoms with Crippen LogP contribution in [0.1, 0.15) is 335 Å². The number of esters is 3. The summed E-state index contributed by atoms with van der Waals surface area (Å²) in [7, 11) is 0. The number of unbranched alkanes of at least 4 members (excludes halogenated alkanes) is 37. The summed E-state index contributed by atoms with van der Waals surface area (Å²) in [6, 6.07) is 0. The maximum absolute atomic E-state index is 12.9. The summed E-state index contributed by atoms with van der Waals surface area (Å²) in [5.41, 5.74) is 0. The fourth-order valence-corrected chi connectivity index (χ4v) is 9.53. The number of allylic oxidation sites excluding steroid dienone is 12. The van der Waals surface area contributed by atoms with Gasteiger partial charge in [-0.3, -0.25) is 14.4 Å². The minimum atomic E-state index is -0.779. The van der Waals surface area contributed by atoms with Gasteiger partial charge >= 0.3 is 17.9 Å².